The molecule has 2 rings (SSSR count). The number of nitrogens with zero attached hydrogens (tertiary/aromatic N) is 1. The van der Waals surface area contributed by atoms with Crippen molar-refractivity contribution >= 4 is 11.6 Å². The molecule has 3 nitrogen and oxygen atoms in total. The molecule has 2 aromatic rings. The molecule has 4 heteroatoms. The molecule has 0 aliphatic carbocycles. The summed E-state index contributed by atoms with van der Waals surface area (Å²) >= 11 is 6.12. The number of halogens is 1. The van der Waals surface area contributed by atoms with Crippen molar-refractivity contribution in [1.82, 2.24) is 4.98 Å². The highest BCUT2D eigenvalue weighted by Gasteiger charge is 2.13. The fraction of sp³-hybridized carbons (Fsp3) is 0.312. The molecule has 0 atom stereocenters. The monoisotopic (exact) mass is 290 g/mol. The smallest absolute Gasteiger partial charge is 0.238 e. The molecule has 0 spiro atoms. The van der Waals surface area contributed by atoms with E-state index in [2.05, 4.69) is 37.9 Å². The average Bonchev–Trinajstić information content (AvgIpc) is 2.40. The zero-order valence-corrected chi connectivity index (χ0v) is 12.7. The van der Waals surface area contributed by atoms with Crippen LogP contribution >= 0.6 is 11.6 Å². The lowest BCUT2D eigenvalue weighted by atomic mass is 9.87. The highest BCUT2D eigenvalue weighted by Crippen LogP contribution is 2.29. The highest BCUT2D eigenvalue weighted by molar-refractivity contribution is 6.31. The van der Waals surface area contributed by atoms with Gasteiger partial charge in [-0.25, -0.2) is 4.98 Å². The van der Waals surface area contributed by atoms with Gasteiger partial charge in [0.15, 0.2) is 0 Å². The lowest BCUT2D eigenvalue weighted by Gasteiger charge is -2.19. The zero-order chi connectivity index (χ0) is 14.8. The van der Waals surface area contributed by atoms with Crippen LogP contribution in [0.15, 0.2) is 36.5 Å². The third kappa shape index (κ3) is 3.50. The molecule has 1 aromatic carbocycles. The lowest BCUT2D eigenvalue weighted by molar-refractivity contribution is 0.462. The van der Waals surface area contributed by atoms with E-state index in [-0.39, 0.29) is 5.41 Å². The Balaban J connectivity index is 2.18. The zero-order valence-electron chi connectivity index (χ0n) is 12.0. The maximum atomic E-state index is 6.12. The quantitative estimate of drug-likeness (QED) is 0.917. The topological polar surface area (TPSA) is 48.1 Å². The molecule has 0 aliphatic heterocycles. The van der Waals surface area contributed by atoms with E-state index in [1.54, 1.807) is 12.3 Å². The van der Waals surface area contributed by atoms with E-state index >= 15 is 0 Å². The first-order valence-corrected chi connectivity index (χ1v) is 6.91. The van der Waals surface area contributed by atoms with Gasteiger partial charge in [0.05, 0.1) is 0 Å². The predicted molar refractivity (Wildman–Crippen MR) is 82.4 cm³/mol. The van der Waals surface area contributed by atoms with Crippen LogP contribution < -0.4 is 10.5 Å². The Labute approximate surface area is 124 Å². The van der Waals surface area contributed by atoms with Crippen LogP contribution in [-0.2, 0) is 12.0 Å². The van der Waals surface area contributed by atoms with Crippen LogP contribution in [0.25, 0.3) is 0 Å². The van der Waals surface area contributed by atoms with Crippen LogP contribution in [0.2, 0.25) is 5.02 Å². The molecule has 20 heavy (non-hydrogen) atoms. The van der Waals surface area contributed by atoms with Gasteiger partial charge in [-0.15, -0.1) is 0 Å². The maximum absolute atomic E-state index is 6.12. The second kappa shape index (κ2) is 5.81. The van der Waals surface area contributed by atoms with Crippen molar-refractivity contribution < 1.29 is 4.74 Å². The Kier molecular flexibility index (Phi) is 4.31. The Bertz CT molecular complexity index is 588. The fourth-order valence-corrected chi connectivity index (χ4v) is 2.01. The van der Waals surface area contributed by atoms with Crippen LogP contribution in [0.3, 0.4) is 0 Å². The van der Waals surface area contributed by atoms with Gasteiger partial charge >= 0.3 is 0 Å². The third-order valence-electron chi connectivity index (χ3n) is 3.03. The molecule has 0 saturated heterocycles. The van der Waals surface area contributed by atoms with Crippen molar-refractivity contribution in [2.45, 2.75) is 32.7 Å². The Hall–Kier alpha value is -1.58. The van der Waals surface area contributed by atoms with Gasteiger partial charge in [-0.2, -0.15) is 0 Å². The lowest BCUT2D eigenvalue weighted by Crippen LogP contribution is -2.10. The molecule has 0 unspecified atom stereocenters. The van der Waals surface area contributed by atoms with Crippen molar-refractivity contribution in [3.63, 3.8) is 0 Å². The second-order valence-corrected chi connectivity index (χ2v) is 6.12. The van der Waals surface area contributed by atoms with Gasteiger partial charge in [0.1, 0.15) is 10.8 Å². The van der Waals surface area contributed by atoms with Gasteiger partial charge in [0.2, 0.25) is 5.88 Å². The molecule has 1 heterocycles. The first kappa shape index (κ1) is 14.8. The third-order valence-corrected chi connectivity index (χ3v) is 3.31. The number of hydrogen-bond acceptors (Lipinski definition) is 3. The molecule has 0 aliphatic rings. The number of aromatic nitrogens is 1. The molecule has 0 amide bonds. The summed E-state index contributed by atoms with van der Waals surface area (Å²) in [5.74, 6) is 1.11. The van der Waals surface area contributed by atoms with E-state index in [0.717, 1.165) is 5.56 Å². The van der Waals surface area contributed by atoms with E-state index in [0.29, 0.717) is 23.2 Å². The number of hydrogen-bond donors (Lipinski definition) is 1. The van der Waals surface area contributed by atoms with E-state index in [1.165, 1.54) is 5.56 Å². The van der Waals surface area contributed by atoms with E-state index in [9.17, 15) is 0 Å². The summed E-state index contributed by atoms with van der Waals surface area (Å²) in [4.78, 5) is 4.18. The van der Waals surface area contributed by atoms with E-state index in [1.807, 2.05) is 12.1 Å². The minimum atomic E-state index is 0.122. The van der Waals surface area contributed by atoms with Gasteiger partial charge in [0, 0.05) is 12.7 Å². The molecular formula is C16H19ClN2O. The number of benzene rings is 1. The van der Waals surface area contributed by atoms with Crippen LogP contribution in [0, 0.1) is 0 Å². The maximum Gasteiger partial charge on any atom is 0.238 e. The standard InChI is InChI=1S/C16H19ClN2O/c1-16(2,3)12-4-6-13(7-5-12)20-15-14(17)8-11(9-18)10-19-15/h4-8,10H,9,18H2,1-3H3. The first-order chi connectivity index (χ1) is 9.40. The molecule has 0 saturated carbocycles. The van der Waals surface area contributed by atoms with Gasteiger partial charge in [-0.05, 0) is 34.7 Å². The molecule has 106 valence electrons. The van der Waals surface area contributed by atoms with Gasteiger partial charge in [0.25, 0.3) is 0 Å². The van der Waals surface area contributed by atoms with Crippen LogP contribution in [0.4, 0.5) is 0 Å². The van der Waals surface area contributed by atoms with Crippen molar-refractivity contribution in [2.75, 3.05) is 0 Å². The summed E-state index contributed by atoms with van der Waals surface area (Å²) < 4.78 is 5.69. The summed E-state index contributed by atoms with van der Waals surface area (Å²) in [6, 6.07) is 9.73. The molecule has 2 N–H and O–H groups in total. The fourth-order valence-electron chi connectivity index (χ4n) is 1.79. The van der Waals surface area contributed by atoms with Crippen LogP contribution in [0.5, 0.6) is 11.6 Å². The van der Waals surface area contributed by atoms with Gasteiger partial charge in [-0.1, -0.05) is 44.5 Å². The van der Waals surface area contributed by atoms with Crippen LogP contribution in [-0.4, -0.2) is 4.98 Å². The summed E-state index contributed by atoms with van der Waals surface area (Å²) in [6.07, 6.45) is 1.67. The second-order valence-electron chi connectivity index (χ2n) is 5.71. The van der Waals surface area contributed by atoms with E-state index in [4.69, 9.17) is 22.1 Å². The molecule has 0 bridgehead atoms. The number of pyridine rings is 1. The van der Waals surface area contributed by atoms with Crippen molar-refractivity contribution in [3.05, 3.63) is 52.7 Å². The van der Waals surface area contributed by atoms with Crippen molar-refractivity contribution in [2.24, 2.45) is 5.73 Å². The molecule has 0 fully saturated rings. The number of rotatable bonds is 3. The predicted octanol–water partition coefficient (Wildman–Crippen LogP) is 4.28. The van der Waals surface area contributed by atoms with Gasteiger partial charge < -0.3 is 10.5 Å². The SMILES string of the molecule is CC(C)(C)c1ccc(Oc2ncc(CN)cc2Cl)cc1. The van der Waals surface area contributed by atoms with E-state index < -0.39 is 0 Å². The minimum absolute atomic E-state index is 0.122. The summed E-state index contributed by atoms with van der Waals surface area (Å²) in [7, 11) is 0. The summed E-state index contributed by atoms with van der Waals surface area (Å²) in [5.41, 5.74) is 7.79. The number of nitrogens with two attached hydrogens (primary N) is 1. The normalized spacial score (nSPS) is 11.4. The minimum Gasteiger partial charge on any atom is -0.438 e. The largest absolute Gasteiger partial charge is 0.438 e. The number of ether oxygens (including phenoxy) is 1. The van der Waals surface area contributed by atoms with Crippen molar-refractivity contribution in [1.29, 1.82) is 0 Å². The molecule has 1 aromatic heterocycles. The Morgan fingerprint density at radius 3 is 2.35 bits per heavy atom. The Morgan fingerprint density at radius 2 is 1.85 bits per heavy atom. The Morgan fingerprint density at radius 1 is 1.20 bits per heavy atom. The molecular weight excluding hydrogens is 272 g/mol. The van der Waals surface area contributed by atoms with Crippen molar-refractivity contribution in [3.8, 4) is 11.6 Å². The van der Waals surface area contributed by atoms with Crippen LogP contribution in [0.1, 0.15) is 31.9 Å². The summed E-state index contributed by atoms with van der Waals surface area (Å²) in [5, 5.41) is 0.466. The summed E-state index contributed by atoms with van der Waals surface area (Å²) in [6.45, 7) is 6.93. The molecule has 0 radical (unpaired) electrons. The first-order valence-electron chi connectivity index (χ1n) is 6.53. The average molecular weight is 291 g/mol. The highest BCUT2D eigenvalue weighted by atomic mass is 35.5. The van der Waals surface area contributed by atoms with Gasteiger partial charge in [-0.3, -0.25) is 0 Å².